The van der Waals surface area contributed by atoms with Gasteiger partial charge in [0.15, 0.2) is 0 Å². The molecule has 1 N–H and O–H groups in total. The van der Waals surface area contributed by atoms with Crippen molar-refractivity contribution in [3.63, 3.8) is 0 Å². The van der Waals surface area contributed by atoms with E-state index in [0.717, 1.165) is 32.3 Å². The maximum Gasteiger partial charge on any atom is 0.104 e. The van der Waals surface area contributed by atoms with Crippen LogP contribution in [0.15, 0.2) is 0 Å². The van der Waals surface area contributed by atoms with E-state index >= 15 is 0 Å². The molecule has 0 aliphatic carbocycles. The fourth-order valence-electron chi connectivity index (χ4n) is 2.00. The van der Waals surface area contributed by atoms with Crippen molar-refractivity contribution in [2.45, 2.75) is 78.0 Å². The van der Waals surface area contributed by atoms with E-state index in [1.807, 2.05) is 6.92 Å². The van der Waals surface area contributed by atoms with E-state index in [2.05, 4.69) is 39.1 Å². The third-order valence-electron chi connectivity index (χ3n) is 2.77. The van der Waals surface area contributed by atoms with Gasteiger partial charge in [-0.25, -0.2) is 0 Å². The second-order valence-corrected chi connectivity index (χ2v) is 5.32. The molecule has 100 valence electrons. The van der Waals surface area contributed by atoms with Gasteiger partial charge in [-0.2, -0.15) is 5.26 Å². The second-order valence-electron chi connectivity index (χ2n) is 5.32. The van der Waals surface area contributed by atoms with E-state index in [1.165, 1.54) is 0 Å². The molecule has 0 aliphatic rings. The molecule has 0 rings (SSSR count). The lowest BCUT2D eigenvalue weighted by atomic mass is 9.97. The number of rotatable bonds is 9. The van der Waals surface area contributed by atoms with Crippen molar-refractivity contribution in [3.05, 3.63) is 0 Å². The molecule has 0 heterocycles. The lowest BCUT2D eigenvalue weighted by molar-refractivity contribution is 0.0548. The molecule has 0 aromatic heterocycles. The van der Waals surface area contributed by atoms with Crippen molar-refractivity contribution in [2.75, 3.05) is 6.61 Å². The van der Waals surface area contributed by atoms with Crippen molar-refractivity contribution in [1.29, 1.82) is 5.26 Å². The number of ether oxygens (including phenoxy) is 1. The van der Waals surface area contributed by atoms with Gasteiger partial charge in [-0.1, -0.05) is 13.3 Å². The Balaban J connectivity index is 3.81. The van der Waals surface area contributed by atoms with Crippen LogP contribution in [0.25, 0.3) is 0 Å². The minimum absolute atomic E-state index is 0.333. The molecule has 0 saturated carbocycles. The van der Waals surface area contributed by atoms with E-state index in [0.29, 0.717) is 12.1 Å². The van der Waals surface area contributed by atoms with Crippen molar-refractivity contribution in [3.8, 4) is 6.07 Å². The standard InChI is InChI=1S/C14H28N2O/c1-6-8-13(4)17-10-7-9-14(5,11-15)16-12(2)3/h12-13,16H,6-10H2,1-5H3. The number of nitriles is 1. The van der Waals surface area contributed by atoms with Crippen LogP contribution in [0, 0.1) is 11.3 Å². The van der Waals surface area contributed by atoms with E-state index in [4.69, 9.17) is 4.74 Å². The molecule has 2 atom stereocenters. The number of hydrogen-bond acceptors (Lipinski definition) is 3. The summed E-state index contributed by atoms with van der Waals surface area (Å²) in [6.45, 7) is 11.1. The predicted molar refractivity (Wildman–Crippen MR) is 71.8 cm³/mol. The molecule has 2 unspecified atom stereocenters. The first-order chi connectivity index (χ1) is 7.93. The summed E-state index contributed by atoms with van der Waals surface area (Å²) in [4.78, 5) is 0. The van der Waals surface area contributed by atoms with Crippen LogP contribution in [0.4, 0.5) is 0 Å². The summed E-state index contributed by atoms with van der Waals surface area (Å²) in [6.07, 6.45) is 4.37. The third kappa shape index (κ3) is 8.18. The summed E-state index contributed by atoms with van der Waals surface area (Å²) in [6, 6.07) is 2.69. The summed E-state index contributed by atoms with van der Waals surface area (Å²) in [5.41, 5.74) is -0.425. The molecule has 0 bridgehead atoms. The Hall–Kier alpha value is -0.590. The number of hydrogen-bond donors (Lipinski definition) is 1. The second kappa shape index (κ2) is 8.49. The molecule has 0 amide bonds. The zero-order valence-electron chi connectivity index (χ0n) is 12.0. The summed E-state index contributed by atoms with van der Waals surface area (Å²) in [5, 5.41) is 12.5. The van der Waals surface area contributed by atoms with Gasteiger partial charge in [-0.15, -0.1) is 0 Å². The highest BCUT2D eigenvalue weighted by Crippen LogP contribution is 2.13. The Kier molecular flexibility index (Phi) is 8.20. The lowest BCUT2D eigenvalue weighted by Gasteiger charge is -2.26. The Bertz CT molecular complexity index is 235. The van der Waals surface area contributed by atoms with Gasteiger partial charge < -0.3 is 4.74 Å². The average molecular weight is 240 g/mol. The fraction of sp³-hybridized carbons (Fsp3) is 0.929. The molecule has 0 fully saturated rings. The zero-order valence-corrected chi connectivity index (χ0v) is 12.0. The van der Waals surface area contributed by atoms with E-state index < -0.39 is 5.54 Å². The largest absolute Gasteiger partial charge is 0.379 e. The van der Waals surface area contributed by atoms with Gasteiger partial charge >= 0.3 is 0 Å². The average Bonchev–Trinajstić information content (AvgIpc) is 2.24. The molecule has 17 heavy (non-hydrogen) atoms. The molecule has 3 nitrogen and oxygen atoms in total. The van der Waals surface area contributed by atoms with Gasteiger partial charge in [-0.05, 0) is 47.0 Å². The Morgan fingerprint density at radius 2 is 2.00 bits per heavy atom. The van der Waals surface area contributed by atoms with E-state index in [-0.39, 0.29) is 0 Å². The molecule has 0 aromatic carbocycles. The highest BCUT2D eigenvalue weighted by atomic mass is 16.5. The Morgan fingerprint density at radius 3 is 2.47 bits per heavy atom. The molecular formula is C14H28N2O. The molecular weight excluding hydrogens is 212 g/mol. The molecule has 0 aromatic rings. The minimum Gasteiger partial charge on any atom is -0.379 e. The summed E-state index contributed by atoms with van der Waals surface area (Å²) in [5.74, 6) is 0. The molecule has 0 aliphatic heterocycles. The van der Waals surface area contributed by atoms with Gasteiger partial charge in [0.25, 0.3) is 0 Å². The molecule has 0 radical (unpaired) electrons. The number of nitrogens with zero attached hydrogens (tertiary/aromatic N) is 1. The topological polar surface area (TPSA) is 45.0 Å². The first-order valence-corrected chi connectivity index (χ1v) is 6.74. The highest BCUT2D eigenvalue weighted by molar-refractivity contribution is 5.04. The summed E-state index contributed by atoms with van der Waals surface area (Å²) >= 11 is 0. The molecule has 0 spiro atoms. The minimum atomic E-state index is -0.425. The van der Waals surface area contributed by atoms with Gasteiger partial charge in [0.2, 0.25) is 0 Å². The van der Waals surface area contributed by atoms with Crippen LogP contribution < -0.4 is 5.32 Å². The van der Waals surface area contributed by atoms with Crippen molar-refractivity contribution < 1.29 is 4.74 Å². The van der Waals surface area contributed by atoms with Crippen LogP contribution in [0.3, 0.4) is 0 Å². The lowest BCUT2D eigenvalue weighted by Crippen LogP contribution is -2.45. The maximum atomic E-state index is 9.17. The van der Waals surface area contributed by atoms with Gasteiger partial charge in [0.1, 0.15) is 5.54 Å². The monoisotopic (exact) mass is 240 g/mol. The first-order valence-electron chi connectivity index (χ1n) is 6.74. The third-order valence-corrected chi connectivity index (χ3v) is 2.77. The fourth-order valence-corrected chi connectivity index (χ4v) is 2.00. The van der Waals surface area contributed by atoms with Gasteiger partial charge in [-0.3, -0.25) is 5.32 Å². The molecule has 0 saturated heterocycles. The quantitative estimate of drug-likeness (QED) is 0.629. The predicted octanol–water partition coefficient (Wildman–Crippen LogP) is 3.25. The van der Waals surface area contributed by atoms with Crippen molar-refractivity contribution >= 4 is 0 Å². The van der Waals surface area contributed by atoms with E-state index in [9.17, 15) is 5.26 Å². The van der Waals surface area contributed by atoms with Gasteiger partial charge in [0.05, 0.1) is 12.2 Å². The van der Waals surface area contributed by atoms with Crippen LogP contribution in [-0.2, 0) is 4.74 Å². The summed E-state index contributed by atoms with van der Waals surface area (Å²) < 4.78 is 5.69. The van der Waals surface area contributed by atoms with Crippen molar-refractivity contribution in [1.82, 2.24) is 5.32 Å². The Labute approximate surface area is 107 Å². The molecule has 3 heteroatoms. The van der Waals surface area contributed by atoms with Crippen LogP contribution in [0.1, 0.15) is 60.3 Å². The smallest absolute Gasteiger partial charge is 0.104 e. The number of nitrogens with one attached hydrogen (secondary N) is 1. The summed E-state index contributed by atoms with van der Waals surface area (Å²) in [7, 11) is 0. The van der Waals surface area contributed by atoms with Crippen molar-refractivity contribution in [2.24, 2.45) is 0 Å². The normalized spacial score (nSPS) is 16.5. The SMILES string of the molecule is CCCC(C)OCCCC(C)(C#N)NC(C)C. The zero-order chi connectivity index (χ0) is 13.3. The van der Waals surface area contributed by atoms with Crippen LogP contribution in [-0.4, -0.2) is 24.3 Å². The first kappa shape index (κ1) is 16.4. The Morgan fingerprint density at radius 1 is 1.35 bits per heavy atom. The van der Waals surface area contributed by atoms with Crippen LogP contribution in [0.2, 0.25) is 0 Å². The highest BCUT2D eigenvalue weighted by Gasteiger charge is 2.23. The van der Waals surface area contributed by atoms with Crippen LogP contribution in [0.5, 0.6) is 0 Å². The van der Waals surface area contributed by atoms with Crippen LogP contribution >= 0.6 is 0 Å². The van der Waals surface area contributed by atoms with Gasteiger partial charge in [0, 0.05) is 12.6 Å². The van der Waals surface area contributed by atoms with E-state index in [1.54, 1.807) is 0 Å². The maximum absolute atomic E-state index is 9.17.